The molecular weight excluding hydrogens is 419 g/mol. The molecule has 0 radical (unpaired) electrons. The SMILES string of the molecule is COc1ccc(C2=CC(Cc3ccccc3)=CC2)c(P(c2ccccc2)c2ccccc2)c1. The van der Waals surface area contributed by atoms with Crippen LogP contribution in [0.5, 0.6) is 5.75 Å². The first-order chi connectivity index (χ1) is 16.3. The van der Waals surface area contributed by atoms with Crippen LogP contribution in [0.1, 0.15) is 17.5 Å². The third-order valence-electron chi connectivity index (χ3n) is 6.02. The van der Waals surface area contributed by atoms with Crippen molar-refractivity contribution in [3.05, 3.63) is 138 Å². The number of methoxy groups -OCH3 is 1. The van der Waals surface area contributed by atoms with Crippen LogP contribution >= 0.6 is 7.92 Å². The van der Waals surface area contributed by atoms with Crippen molar-refractivity contribution in [2.24, 2.45) is 0 Å². The summed E-state index contributed by atoms with van der Waals surface area (Å²) in [5.74, 6) is 0.907. The predicted octanol–water partition coefficient (Wildman–Crippen LogP) is 6.41. The Morgan fingerprint density at radius 3 is 1.94 bits per heavy atom. The Bertz CT molecular complexity index is 1240. The number of benzene rings is 4. The first-order valence-corrected chi connectivity index (χ1v) is 12.7. The van der Waals surface area contributed by atoms with E-state index in [0.29, 0.717) is 0 Å². The molecule has 1 aliphatic rings. The maximum absolute atomic E-state index is 5.67. The highest BCUT2D eigenvalue weighted by Gasteiger charge is 2.23. The summed E-state index contributed by atoms with van der Waals surface area (Å²) in [6.45, 7) is 0. The summed E-state index contributed by atoms with van der Waals surface area (Å²) in [7, 11) is 1.04. The van der Waals surface area contributed by atoms with Gasteiger partial charge in [0.05, 0.1) is 7.11 Å². The monoisotopic (exact) mass is 446 g/mol. The van der Waals surface area contributed by atoms with E-state index in [1.165, 1.54) is 38.2 Å². The number of hydrogen-bond acceptors (Lipinski definition) is 1. The summed E-state index contributed by atoms with van der Waals surface area (Å²) < 4.78 is 5.67. The van der Waals surface area contributed by atoms with E-state index in [1.54, 1.807) is 7.11 Å². The van der Waals surface area contributed by atoms with Crippen molar-refractivity contribution in [2.45, 2.75) is 12.8 Å². The molecule has 162 valence electrons. The van der Waals surface area contributed by atoms with Gasteiger partial charge >= 0.3 is 0 Å². The Hall–Kier alpha value is -3.41. The van der Waals surface area contributed by atoms with Crippen LogP contribution in [-0.4, -0.2) is 7.11 Å². The van der Waals surface area contributed by atoms with Gasteiger partial charge in [-0.1, -0.05) is 109 Å². The fourth-order valence-electron chi connectivity index (χ4n) is 4.40. The average molecular weight is 447 g/mol. The van der Waals surface area contributed by atoms with Gasteiger partial charge in [-0.3, -0.25) is 0 Å². The second kappa shape index (κ2) is 10.0. The lowest BCUT2D eigenvalue weighted by molar-refractivity contribution is 0.415. The molecular formula is C31H27OP. The molecule has 0 amide bonds. The normalized spacial score (nSPS) is 13.0. The molecule has 0 saturated heterocycles. The molecule has 0 fully saturated rings. The molecule has 33 heavy (non-hydrogen) atoms. The van der Waals surface area contributed by atoms with Crippen LogP contribution < -0.4 is 20.7 Å². The van der Waals surface area contributed by atoms with Crippen LogP contribution in [0.25, 0.3) is 5.57 Å². The first-order valence-electron chi connectivity index (χ1n) is 11.3. The van der Waals surface area contributed by atoms with Gasteiger partial charge in [0.15, 0.2) is 0 Å². The zero-order valence-corrected chi connectivity index (χ0v) is 19.7. The Kier molecular flexibility index (Phi) is 6.51. The van der Waals surface area contributed by atoms with Crippen LogP contribution in [0, 0.1) is 0 Å². The quantitative estimate of drug-likeness (QED) is 0.298. The summed E-state index contributed by atoms with van der Waals surface area (Å²) in [4.78, 5) is 0. The molecule has 0 N–H and O–H groups in total. The molecule has 0 atom stereocenters. The van der Waals surface area contributed by atoms with Gasteiger partial charge < -0.3 is 4.74 Å². The molecule has 4 aromatic carbocycles. The Morgan fingerprint density at radius 1 is 0.727 bits per heavy atom. The highest BCUT2D eigenvalue weighted by Crippen LogP contribution is 2.39. The van der Waals surface area contributed by atoms with Crippen LogP contribution in [-0.2, 0) is 6.42 Å². The molecule has 0 heterocycles. The van der Waals surface area contributed by atoms with E-state index in [4.69, 9.17) is 4.74 Å². The van der Waals surface area contributed by atoms with Gasteiger partial charge in [0.1, 0.15) is 5.75 Å². The van der Waals surface area contributed by atoms with Gasteiger partial charge in [-0.05, 0) is 71.1 Å². The second-order valence-electron chi connectivity index (χ2n) is 8.20. The zero-order chi connectivity index (χ0) is 22.5. The number of ether oxygens (including phenoxy) is 1. The minimum absolute atomic E-state index is 0.711. The molecule has 5 rings (SSSR count). The molecule has 1 nitrogen and oxygen atoms in total. The third-order valence-corrected chi connectivity index (χ3v) is 8.50. The highest BCUT2D eigenvalue weighted by atomic mass is 31.1. The number of allylic oxidation sites excluding steroid dienone is 4. The van der Waals surface area contributed by atoms with Crippen molar-refractivity contribution in [1.29, 1.82) is 0 Å². The topological polar surface area (TPSA) is 9.23 Å². The fraction of sp³-hybridized carbons (Fsp3) is 0.0968. The maximum atomic E-state index is 5.67. The Labute approximate surface area is 197 Å². The van der Waals surface area contributed by atoms with E-state index in [2.05, 4.69) is 121 Å². The van der Waals surface area contributed by atoms with Crippen molar-refractivity contribution in [3.8, 4) is 5.75 Å². The van der Waals surface area contributed by atoms with Crippen molar-refractivity contribution >= 4 is 29.4 Å². The molecule has 0 bridgehead atoms. The smallest absolute Gasteiger partial charge is 0.119 e. The minimum atomic E-state index is -0.711. The van der Waals surface area contributed by atoms with Crippen LogP contribution in [0.4, 0.5) is 0 Å². The highest BCUT2D eigenvalue weighted by molar-refractivity contribution is 7.80. The lowest BCUT2D eigenvalue weighted by Gasteiger charge is -2.23. The molecule has 0 saturated carbocycles. The number of rotatable bonds is 7. The van der Waals surface area contributed by atoms with E-state index >= 15 is 0 Å². The van der Waals surface area contributed by atoms with Crippen LogP contribution in [0.3, 0.4) is 0 Å². The maximum Gasteiger partial charge on any atom is 0.119 e. The lowest BCUT2D eigenvalue weighted by Crippen LogP contribution is -2.23. The van der Waals surface area contributed by atoms with Crippen LogP contribution in [0.15, 0.2) is 127 Å². The van der Waals surface area contributed by atoms with Gasteiger partial charge in [-0.2, -0.15) is 0 Å². The molecule has 0 unspecified atom stereocenters. The van der Waals surface area contributed by atoms with Gasteiger partial charge in [-0.25, -0.2) is 0 Å². The van der Waals surface area contributed by atoms with Crippen molar-refractivity contribution in [3.63, 3.8) is 0 Å². The molecule has 0 aliphatic heterocycles. The summed E-state index contributed by atoms with van der Waals surface area (Å²) in [5, 5.41) is 4.05. The summed E-state index contributed by atoms with van der Waals surface area (Å²) >= 11 is 0. The summed E-state index contributed by atoms with van der Waals surface area (Å²) in [6, 6.07) is 39.1. The lowest BCUT2D eigenvalue weighted by atomic mass is 10.0. The molecule has 2 heteroatoms. The summed E-state index contributed by atoms with van der Waals surface area (Å²) in [6.07, 6.45) is 6.71. The van der Waals surface area contributed by atoms with E-state index in [0.717, 1.165) is 18.6 Å². The van der Waals surface area contributed by atoms with E-state index in [-0.39, 0.29) is 0 Å². The van der Waals surface area contributed by atoms with Gasteiger partial charge in [0, 0.05) is 0 Å². The van der Waals surface area contributed by atoms with E-state index in [1.807, 2.05) is 0 Å². The predicted molar refractivity (Wildman–Crippen MR) is 143 cm³/mol. The van der Waals surface area contributed by atoms with Crippen molar-refractivity contribution < 1.29 is 4.74 Å². The van der Waals surface area contributed by atoms with E-state index in [9.17, 15) is 0 Å². The fourth-order valence-corrected chi connectivity index (χ4v) is 6.91. The van der Waals surface area contributed by atoms with Gasteiger partial charge in [-0.15, -0.1) is 0 Å². The van der Waals surface area contributed by atoms with Gasteiger partial charge in [0.2, 0.25) is 0 Å². The molecule has 0 aromatic heterocycles. The minimum Gasteiger partial charge on any atom is -0.497 e. The van der Waals surface area contributed by atoms with Gasteiger partial charge in [0.25, 0.3) is 0 Å². The van der Waals surface area contributed by atoms with Crippen LogP contribution in [0.2, 0.25) is 0 Å². The van der Waals surface area contributed by atoms with E-state index < -0.39 is 7.92 Å². The standard InChI is InChI=1S/C31H27OP/c1-32-27-19-20-30(26-18-17-25(22-26)21-24-11-5-2-6-12-24)31(23-27)33(28-13-7-3-8-14-28)29-15-9-4-10-16-29/h2-17,19-20,22-23H,18,21H2,1H3. The first kappa shape index (κ1) is 21.4. The zero-order valence-electron chi connectivity index (χ0n) is 18.8. The Balaban J connectivity index is 1.58. The molecule has 4 aromatic rings. The molecule has 1 aliphatic carbocycles. The number of hydrogen-bond donors (Lipinski definition) is 0. The largest absolute Gasteiger partial charge is 0.497 e. The van der Waals surface area contributed by atoms with Crippen molar-refractivity contribution in [2.75, 3.05) is 7.11 Å². The average Bonchev–Trinajstić information content (AvgIpc) is 3.34. The Morgan fingerprint density at radius 2 is 1.33 bits per heavy atom. The summed E-state index contributed by atoms with van der Waals surface area (Å²) in [5.41, 5.74) is 5.46. The van der Waals surface area contributed by atoms with Crippen molar-refractivity contribution in [1.82, 2.24) is 0 Å². The third kappa shape index (κ3) is 4.85. The molecule has 0 spiro atoms. The second-order valence-corrected chi connectivity index (χ2v) is 10.4.